The van der Waals surface area contributed by atoms with Crippen LogP contribution in [-0.2, 0) is 16.1 Å². The lowest BCUT2D eigenvalue weighted by molar-refractivity contribution is -0.130. The van der Waals surface area contributed by atoms with Crippen molar-refractivity contribution in [3.8, 4) is 5.75 Å². The second kappa shape index (κ2) is 13.4. The number of hydrogen-bond acceptors (Lipinski definition) is 7. The molecule has 0 aliphatic carbocycles. The van der Waals surface area contributed by atoms with E-state index in [0.717, 1.165) is 43.9 Å². The SMILES string of the molecule is COc1cc(NC2CCN(C(=O)CNc3ccc(CN4CCN(C(=O)OC(C)(C)C)[C@@H](C)C4)cc3)CC2)ccc1F. The fourth-order valence-corrected chi connectivity index (χ4v) is 5.30. The number of methoxy groups -OCH3 is 1. The van der Waals surface area contributed by atoms with Gasteiger partial charge in [-0.05, 0) is 70.4 Å². The van der Waals surface area contributed by atoms with E-state index in [1.807, 2.05) is 42.7 Å². The Balaban J connectivity index is 1.17. The molecule has 2 N–H and O–H groups in total. The zero-order valence-electron chi connectivity index (χ0n) is 24.9. The molecule has 2 fully saturated rings. The van der Waals surface area contributed by atoms with Crippen LogP contribution in [0.1, 0.15) is 46.1 Å². The average Bonchev–Trinajstić information content (AvgIpc) is 2.93. The Hall–Kier alpha value is -3.53. The topological polar surface area (TPSA) is 86.4 Å². The molecular formula is C31H44FN5O4. The molecule has 2 aliphatic heterocycles. The van der Waals surface area contributed by atoms with E-state index in [1.165, 1.54) is 18.7 Å². The number of benzene rings is 2. The van der Waals surface area contributed by atoms with E-state index < -0.39 is 5.60 Å². The number of rotatable bonds is 8. The summed E-state index contributed by atoms with van der Waals surface area (Å²) in [6, 6.07) is 13.3. The van der Waals surface area contributed by atoms with Crippen LogP contribution in [0.5, 0.6) is 5.75 Å². The predicted molar refractivity (Wildman–Crippen MR) is 159 cm³/mol. The highest BCUT2D eigenvalue weighted by molar-refractivity contribution is 5.81. The zero-order valence-corrected chi connectivity index (χ0v) is 24.9. The maximum absolute atomic E-state index is 13.7. The number of piperidine rings is 1. The molecule has 4 rings (SSSR count). The van der Waals surface area contributed by atoms with Crippen LogP contribution in [0.15, 0.2) is 42.5 Å². The van der Waals surface area contributed by atoms with Gasteiger partial charge < -0.3 is 29.9 Å². The average molecular weight is 570 g/mol. The number of piperazine rings is 1. The van der Waals surface area contributed by atoms with E-state index in [9.17, 15) is 14.0 Å². The van der Waals surface area contributed by atoms with Crippen LogP contribution >= 0.6 is 0 Å². The Morgan fingerprint density at radius 2 is 1.68 bits per heavy atom. The minimum absolute atomic E-state index is 0.0767. The Labute approximate surface area is 243 Å². The molecule has 0 bridgehead atoms. The van der Waals surface area contributed by atoms with Gasteiger partial charge in [0, 0.05) is 68.8 Å². The summed E-state index contributed by atoms with van der Waals surface area (Å²) in [5.41, 5.74) is 2.42. The number of halogens is 1. The van der Waals surface area contributed by atoms with E-state index in [4.69, 9.17) is 9.47 Å². The van der Waals surface area contributed by atoms with E-state index in [2.05, 4.69) is 34.6 Å². The van der Waals surface area contributed by atoms with E-state index >= 15 is 0 Å². The van der Waals surface area contributed by atoms with E-state index in [-0.39, 0.29) is 42.2 Å². The lowest BCUT2D eigenvalue weighted by atomic mass is 10.0. The summed E-state index contributed by atoms with van der Waals surface area (Å²) < 4.78 is 24.3. The summed E-state index contributed by atoms with van der Waals surface area (Å²) in [7, 11) is 1.45. The number of amides is 2. The third kappa shape index (κ3) is 8.73. The van der Waals surface area contributed by atoms with E-state index in [0.29, 0.717) is 19.6 Å². The first-order chi connectivity index (χ1) is 19.5. The van der Waals surface area contributed by atoms with Gasteiger partial charge in [0.05, 0.1) is 13.7 Å². The molecule has 0 aromatic heterocycles. The van der Waals surface area contributed by atoms with Gasteiger partial charge in [0.1, 0.15) is 5.60 Å². The van der Waals surface area contributed by atoms with Gasteiger partial charge in [0.15, 0.2) is 11.6 Å². The van der Waals surface area contributed by atoms with Gasteiger partial charge in [-0.25, -0.2) is 9.18 Å². The summed E-state index contributed by atoms with van der Waals surface area (Å²) in [6.07, 6.45) is 1.40. The molecule has 2 aromatic rings. The Morgan fingerprint density at radius 1 is 1.00 bits per heavy atom. The number of anilines is 2. The summed E-state index contributed by atoms with van der Waals surface area (Å²) in [6.45, 7) is 12.3. The molecule has 0 radical (unpaired) electrons. The molecule has 0 saturated carbocycles. The van der Waals surface area contributed by atoms with E-state index in [1.54, 1.807) is 12.1 Å². The highest BCUT2D eigenvalue weighted by atomic mass is 19.1. The molecular weight excluding hydrogens is 525 g/mol. The molecule has 0 spiro atoms. The Kier molecular flexibility index (Phi) is 9.96. The van der Waals surface area contributed by atoms with Gasteiger partial charge >= 0.3 is 6.09 Å². The first-order valence-electron chi connectivity index (χ1n) is 14.4. The number of ether oxygens (including phenoxy) is 2. The third-order valence-corrected chi connectivity index (χ3v) is 7.51. The lowest BCUT2D eigenvalue weighted by Crippen LogP contribution is -2.54. The molecule has 2 heterocycles. The van der Waals surface area contributed by atoms with Crippen molar-refractivity contribution >= 4 is 23.4 Å². The van der Waals surface area contributed by atoms with Crippen molar-refractivity contribution in [2.24, 2.45) is 0 Å². The molecule has 0 unspecified atom stereocenters. The smallest absolute Gasteiger partial charge is 0.410 e. The van der Waals surface area contributed by atoms with Crippen molar-refractivity contribution in [3.05, 3.63) is 53.8 Å². The molecule has 2 aromatic carbocycles. The number of carbonyl (C=O) groups excluding carboxylic acids is 2. The van der Waals surface area contributed by atoms with Crippen LogP contribution in [0.2, 0.25) is 0 Å². The van der Waals surface area contributed by atoms with Crippen molar-refractivity contribution < 1.29 is 23.5 Å². The number of nitrogens with one attached hydrogen (secondary N) is 2. The normalized spacial score (nSPS) is 18.6. The van der Waals surface area contributed by atoms with Crippen LogP contribution in [0, 0.1) is 5.82 Å². The second-order valence-corrected chi connectivity index (χ2v) is 12.0. The number of carbonyl (C=O) groups is 2. The van der Waals surface area contributed by atoms with Crippen molar-refractivity contribution in [2.45, 2.75) is 64.8 Å². The van der Waals surface area contributed by atoms with Gasteiger partial charge in [0.2, 0.25) is 5.91 Å². The van der Waals surface area contributed by atoms with Gasteiger partial charge in [0.25, 0.3) is 0 Å². The number of likely N-dealkylation sites (tertiary alicyclic amines) is 1. The third-order valence-electron chi connectivity index (χ3n) is 7.51. The lowest BCUT2D eigenvalue weighted by Gasteiger charge is -2.40. The molecule has 2 aliphatic rings. The largest absolute Gasteiger partial charge is 0.494 e. The minimum Gasteiger partial charge on any atom is -0.494 e. The summed E-state index contributed by atoms with van der Waals surface area (Å²) >= 11 is 0. The van der Waals surface area contributed by atoms with Crippen molar-refractivity contribution in [2.75, 3.05) is 57.0 Å². The molecule has 9 nitrogen and oxygen atoms in total. The molecule has 224 valence electrons. The van der Waals surface area contributed by atoms with Crippen molar-refractivity contribution in [1.82, 2.24) is 14.7 Å². The summed E-state index contributed by atoms with van der Waals surface area (Å²) in [5.74, 6) is -0.0901. The van der Waals surface area contributed by atoms with Crippen LogP contribution in [-0.4, -0.2) is 90.8 Å². The maximum Gasteiger partial charge on any atom is 0.410 e. The van der Waals surface area contributed by atoms with Crippen LogP contribution < -0.4 is 15.4 Å². The highest BCUT2D eigenvalue weighted by Crippen LogP contribution is 2.24. The molecule has 2 saturated heterocycles. The van der Waals surface area contributed by atoms with Crippen LogP contribution in [0.4, 0.5) is 20.6 Å². The summed E-state index contributed by atoms with van der Waals surface area (Å²) in [4.78, 5) is 31.3. The second-order valence-electron chi connectivity index (χ2n) is 12.0. The number of hydrogen-bond donors (Lipinski definition) is 2. The quantitative estimate of drug-likeness (QED) is 0.473. The molecule has 10 heteroatoms. The van der Waals surface area contributed by atoms with Crippen LogP contribution in [0.3, 0.4) is 0 Å². The molecule has 1 atom stereocenters. The Morgan fingerprint density at radius 3 is 2.32 bits per heavy atom. The summed E-state index contributed by atoms with van der Waals surface area (Å²) in [5, 5.41) is 6.68. The van der Waals surface area contributed by atoms with Gasteiger partial charge in [-0.1, -0.05) is 12.1 Å². The monoisotopic (exact) mass is 569 g/mol. The maximum atomic E-state index is 13.7. The zero-order chi connectivity index (χ0) is 29.6. The fourth-order valence-electron chi connectivity index (χ4n) is 5.30. The predicted octanol–water partition coefficient (Wildman–Crippen LogP) is 4.79. The number of nitrogens with zero attached hydrogens (tertiary/aromatic N) is 3. The van der Waals surface area contributed by atoms with Crippen molar-refractivity contribution in [3.63, 3.8) is 0 Å². The standard InChI is InChI=1S/C31H44FN5O4/c1-22-20-35(16-17-37(22)30(39)41-31(2,3)4)21-23-6-8-24(9-7-23)33-19-29(38)36-14-12-25(13-15-36)34-26-10-11-27(32)28(18-26)40-5/h6-11,18,22,25,33-34H,12-17,19-21H2,1-5H3/t22-/m0/s1. The molecule has 41 heavy (non-hydrogen) atoms. The highest BCUT2D eigenvalue weighted by Gasteiger charge is 2.30. The van der Waals surface area contributed by atoms with Gasteiger partial charge in [-0.2, -0.15) is 0 Å². The van der Waals surface area contributed by atoms with Crippen molar-refractivity contribution in [1.29, 1.82) is 0 Å². The first kappa shape index (κ1) is 30.4. The first-order valence-corrected chi connectivity index (χ1v) is 14.4. The minimum atomic E-state index is -0.496. The van der Waals surface area contributed by atoms with Crippen LogP contribution in [0.25, 0.3) is 0 Å². The molecule has 2 amide bonds. The van der Waals surface area contributed by atoms with Gasteiger partial charge in [-0.3, -0.25) is 9.69 Å². The fraction of sp³-hybridized carbons (Fsp3) is 0.548. The Bertz CT molecular complexity index is 1180. The van der Waals surface area contributed by atoms with Gasteiger partial charge in [-0.15, -0.1) is 0 Å².